The Morgan fingerprint density at radius 3 is 2.02 bits per heavy atom. The minimum absolute atomic E-state index is 0.163. The summed E-state index contributed by atoms with van der Waals surface area (Å²) in [6.45, 7) is 20.8. The molecule has 2 aliphatic carbocycles. The van der Waals surface area contributed by atoms with Gasteiger partial charge in [0.25, 0.3) is 0 Å². The molecule has 0 spiro atoms. The number of carbonyl (C=O) groups is 1. The van der Waals surface area contributed by atoms with E-state index in [2.05, 4.69) is 91.8 Å². The maximum atomic E-state index is 10.4. The third-order valence-corrected chi connectivity index (χ3v) is 9.24. The second-order valence-corrected chi connectivity index (χ2v) is 13.9. The van der Waals surface area contributed by atoms with Gasteiger partial charge < -0.3 is 4.74 Å². The molecule has 0 aliphatic heterocycles. The molecule has 41 heavy (non-hydrogen) atoms. The molecular weight excluding hydrogens is 500 g/mol. The van der Waals surface area contributed by atoms with Crippen LogP contribution >= 0.6 is 0 Å². The van der Waals surface area contributed by atoms with Crippen LogP contribution < -0.4 is 0 Å². The zero-order chi connectivity index (χ0) is 30.5. The molecule has 230 valence electrons. The molecular formula is C39H62O2. The molecule has 1 unspecified atom stereocenters. The van der Waals surface area contributed by atoms with Gasteiger partial charge in [-0.05, 0) is 83.8 Å². The first-order valence-electron chi connectivity index (χ1n) is 16.8. The maximum absolute atomic E-state index is 10.4. The van der Waals surface area contributed by atoms with Gasteiger partial charge in [0.2, 0.25) is 0 Å². The first kappa shape index (κ1) is 35.1. The van der Waals surface area contributed by atoms with Gasteiger partial charge >= 0.3 is 5.97 Å². The Morgan fingerprint density at radius 1 is 0.854 bits per heavy atom. The van der Waals surface area contributed by atoms with Gasteiger partial charge in [-0.2, -0.15) is 0 Å². The van der Waals surface area contributed by atoms with Crippen molar-refractivity contribution in [2.24, 2.45) is 5.92 Å². The maximum Gasteiger partial charge on any atom is 0.302 e. The first-order chi connectivity index (χ1) is 19.4. The van der Waals surface area contributed by atoms with Crippen molar-refractivity contribution < 1.29 is 9.53 Å². The van der Waals surface area contributed by atoms with E-state index >= 15 is 0 Å². The number of rotatable bonds is 14. The van der Waals surface area contributed by atoms with Gasteiger partial charge in [-0.1, -0.05) is 136 Å². The Kier molecular flexibility index (Phi) is 14.7. The molecule has 1 aromatic rings. The van der Waals surface area contributed by atoms with Gasteiger partial charge in [-0.3, -0.25) is 4.79 Å². The van der Waals surface area contributed by atoms with Crippen LogP contribution in [0.4, 0.5) is 0 Å². The van der Waals surface area contributed by atoms with Crippen molar-refractivity contribution in [1.82, 2.24) is 0 Å². The van der Waals surface area contributed by atoms with Crippen LogP contribution in [0.2, 0.25) is 0 Å². The van der Waals surface area contributed by atoms with E-state index in [4.69, 9.17) is 4.74 Å². The standard InChI is InChI=1S/C29H42.C10H20O2/c1-8-9-10-11-13-23-14-12-15-24(23)18-21(2)25-20-27-26(19-22(25)3)28(4,5)16-17-29(27,6)7;1-3-4-5-6-7-8-9-12-10(2)11/h12,14-15,18-20,23H,8-11,13,16-17H2,1-7H3;3-9H2,1-2H3/b21-18+;. The molecule has 1 aromatic carbocycles. The minimum atomic E-state index is -0.163. The minimum Gasteiger partial charge on any atom is -0.466 e. The molecule has 0 amide bonds. The van der Waals surface area contributed by atoms with Crippen LogP contribution in [0.5, 0.6) is 0 Å². The highest BCUT2D eigenvalue weighted by molar-refractivity contribution is 5.71. The Bertz CT molecular complexity index is 1050. The Hall–Kier alpha value is -2.09. The number of esters is 1. The highest BCUT2D eigenvalue weighted by Crippen LogP contribution is 2.47. The number of ether oxygens (including phenoxy) is 1. The quantitative estimate of drug-likeness (QED) is 0.166. The molecule has 2 nitrogen and oxygen atoms in total. The predicted octanol–water partition coefficient (Wildman–Crippen LogP) is 11.7. The zero-order valence-corrected chi connectivity index (χ0v) is 28.3. The summed E-state index contributed by atoms with van der Waals surface area (Å²) in [5.41, 5.74) is 9.46. The highest BCUT2D eigenvalue weighted by atomic mass is 16.5. The van der Waals surface area contributed by atoms with Crippen molar-refractivity contribution in [2.45, 2.75) is 157 Å². The number of hydrogen-bond acceptors (Lipinski definition) is 2. The van der Waals surface area contributed by atoms with Gasteiger partial charge in [0, 0.05) is 12.8 Å². The summed E-state index contributed by atoms with van der Waals surface area (Å²) in [4.78, 5) is 10.4. The number of allylic oxidation sites excluding steroid dienone is 6. The summed E-state index contributed by atoms with van der Waals surface area (Å²) in [5, 5.41) is 0. The molecule has 0 bridgehead atoms. The number of aryl methyl sites for hydroxylation is 1. The lowest BCUT2D eigenvalue weighted by Crippen LogP contribution is -2.34. The normalized spacial score (nSPS) is 18.8. The van der Waals surface area contributed by atoms with E-state index < -0.39 is 0 Å². The Morgan fingerprint density at radius 2 is 1.41 bits per heavy atom. The summed E-state index contributed by atoms with van der Waals surface area (Å²) in [6, 6.07) is 5.02. The predicted molar refractivity (Wildman–Crippen MR) is 180 cm³/mol. The van der Waals surface area contributed by atoms with Gasteiger partial charge in [-0.15, -0.1) is 0 Å². The largest absolute Gasteiger partial charge is 0.466 e. The molecule has 0 fully saturated rings. The summed E-state index contributed by atoms with van der Waals surface area (Å²) >= 11 is 0. The Labute approximate surface area is 254 Å². The van der Waals surface area contributed by atoms with E-state index in [-0.39, 0.29) is 16.8 Å². The zero-order valence-electron chi connectivity index (χ0n) is 28.3. The lowest BCUT2D eigenvalue weighted by molar-refractivity contribution is -0.141. The summed E-state index contributed by atoms with van der Waals surface area (Å²) in [7, 11) is 0. The third kappa shape index (κ3) is 11.3. The van der Waals surface area contributed by atoms with Crippen molar-refractivity contribution in [3.05, 3.63) is 64.3 Å². The molecule has 1 atom stereocenters. The smallest absolute Gasteiger partial charge is 0.302 e. The van der Waals surface area contributed by atoms with Crippen molar-refractivity contribution in [3.63, 3.8) is 0 Å². The van der Waals surface area contributed by atoms with Crippen molar-refractivity contribution in [3.8, 4) is 0 Å². The van der Waals surface area contributed by atoms with Crippen LogP contribution in [0.1, 0.15) is 161 Å². The molecule has 0 N–H and O–H groups in total. The van der Waals surface area contributed by atoms with E-state index in [1.807, 2.05) is 0 Å². The summed E-state index contributed by atoms with van der Waals surface area (Å²) < 4.78 is 4.81. The van der Waals surface area contributed by atoms with E-state index in [1.165, 1.54) is 106 Å². The third-order valence-electron chi connectivity index (χ3n) is 9.24. The summed E-state index contributed by atoms with van der Waals surface area (Å²) in [6.07, 6.45) is 26.1. The van der Waals surface area contributed by atoms with Crippen LogP contribution in [0.25, 0.3) is 5.57 Å². The highest BCUT2D eigenvalue weighted by Gasteiger charge is 2.37. The average Bonchev–Trinajstić information content (AvgIpc) is 3.35. The molecule has 0 saturated heterocycles. The van der Waals surface area contributed by atoms with Crippen molar-refractivity contribution >= 4 is 11.5 Å². The topological polar surface area (TPSA) is 26.3 Å². The van der Waals surface area contributed by atoms with E-state index in [9.17, 15) is 4.79 Å². The summed E-state index contributed by atoms with van der Waals surface area (Å²) in [5.74, 6) is 0.443. The van der Waals surface area contributed by atoms with Crippen molar-refractivity contribution in [2.75, 3.05) is 6.61 Å². The lowest BCUT2D eigenvalue weighted by atomic mass is 9.62. The van der Waals surface area contributed by atoms with Gasteiger partial charge in [0.1, 0.15) is 0 Å². The van der Waals surface area contributed by atoms with Gasteiger partial charge in [-0.25, -0.2) is 0 Å². The fourth-order valence-electron chi connectivity index (χ4n) is 6.32. The van der Waals surface area contributed by atoms with Crippen LogP contribution in [0, 0.1) is 12.8 Å². The average molecular weight is 563 g/mol. The molecule has 0 radical (unpaired) electrons. The molecule has 0 heterocycles. The molecule has 0 saturated carbocycles. The second-order valence-electron chi connectivity index (χ2n) is 13.9. The number of fused-ring (bicyclic) bond motifs is 1. The van der Waals surface area contributed by atoms with E-state index in [1.54, 1.807) is 11.1 Å². The van der Waals surface area contributed by atoms with Gasteiger partial charge in [0.05, 0.1) is 6.61 Å². The molecule has 3 rings (SSSR count). The van der Waals surface area contributed by atoms with E-state index in [0.717, 1.165) is 6.42 Å². The second kappa shape index (κ2) is 17.1. The first-order valence-corrected chi connectivity index (χ1v) is 16.8. The number of hydrogen-bond donors (Lipinski definition) is 0. The van der Waals surface area contributed by atoms with Crippen LogP contribution in [0.3, 0.4) is 0 Å². The number of carbonyl (C=O) groups excluding carboxylic acids is 1. The van der Waals surface area contributed by atoms with Crippen LogP contribution in [0.15, 0.2) is 42.0 Å². The van der Waals surface area contributed by atoms with E-state index in [0.29, 0.717) is 12.5 Å². The lowest BCUT2D eigenvalue weighted by Gasteiger charge is -2.42. The molecule has 0 aromatic heterocycles. The van der Waals surface area contributed by atoms with Gasteiger partial charge in [0.15, 0.2) is 0 Å². The Balaban J connectivity index is 0.000000415. The fourth-order valence-corrected chi connectivity index (χ4v) is 6.32. The van der Waals surface area contributed by atoms with Crippen LogP contribution in [-0.4, -0.2) is 12.6 Å². The molecule has 2 aliphatic rings. The SMILES string of the molecule is CCCCCCC1C=CC=C1/C=C(\C)c1cc2c(cc1C)C(C)(C)CCC2(C)C.CCCCCCCCOC(C)=O. The monoisotopic (exact) mass is 562 g/mol. The number of benzene rings is 1. The number of unbranched alkanes of at least 4 members (excludes halogenated alkanes) is 8. The molecule has 2 heteroatoms. The fraction of sp³-hybridized carbons (Fsp3) is 0.667. The van der Waals surface area contributed by atoms with Crippen LogP contribution in [-0.2, 0) is 20.4 Å². The van der Waals surface area contributed by atoms with Crippen molar-refractivity contribution in [1.29, 1.82) is 0 Å².